The summed E-state index contributed by atoms with van der Waals surface area (Å²) in [5, 5.41) is 9.76. The first-order chi connectivity index (χ1) is 7.52. The van der Waals surface area contributed by atoms with E-state index in [1.54, 1.807) is 0 Å². The van der Waals surface area contributed by atoms with Gasteiger partial charge in [0.1, 0.15) is 11.4 Å². The Bertz CT molecular complexity index is 427. The Morgan fingerprint density at radius 2 is 2.38 bits per heavy atom. The Balaban J connectivity index is 2.38. The first-order valence-electron chi connectivity index (χ1n) is 5.15. The number of ether oxygens (including phenoxy) is 1. The van der Waals surface area contributed by atoms with E-state index in [1.807, 2.05) is 12.1 Å². The molecule has 0 aliphatic carbocycles. The first kappa shape index (κ1) is 11.6. The van der Waals surface area contributed by atoms with E-state index in [-0.39, 0.29) is 6.42 Å². The number of benzene rings is 1. The number of aldehydes is 1. The predicted molar refractivity (Wildman–Crippen MR) is 63.7 cm³/mol. The highest BCUT2D eigenvalue weighted by atomic mass is 79.9. The maximum absolute atomic E-state index is 10.7. The summed E-state index contributed by atoms with van der Waals surface area (Å²) >= 11 is 3.42. The largest absolute Gasteiger partial charge is 0.493 e. The van der Waals surface area contributed by atoms with Crippen LogP contribution in [0.3, 0.4) is 0 Å². The van der Waals surface area contributed by atoms with E-state index in [9.17, 15) is 9.90 Å². The summed E-state index contributed by atoms with van der Waals surface area (Å²) in [5.41, 5.74) is 0.672. The molecule has 86 valence electrons. The molecule has 0 saturated heterocycles. The fraction of sp³-hybridized carbons (Fsp3) is 0.417. The van der Waals surface area contributed by atoms with Gasteiger partial charge in [-0.15, -0.1) is 0 Å². The topological polar surface area (TPSA) is 46.5 Å². The number of carbonyl (C=O) groups excluding carboxylic acids is 1. The van der Waals surface area contributed by atoms with E-state index in [1.165, 1.54) is 6.92 Å². The van der Waals surface area contributed by atoms with Crippen LogP contribution >= 0.6 is 15.9 Å². The molecule has 1 aliphatic heterocycles. The minimum absolute atomic E-state index is 0.276. The van der Waals surface area contributed by atoms with Gasteiger partial charge < -0.3 is 14.6 Å². The second-order valence-electron chi connectivity index (χ2n) is 4.30. The van der Waals surface area contributed by atoms with Crippen molar-refractivity contribution < 1.29 is 14.6 Å². The van der Waals surface area contributed by atoms with Crippen LogP contribution in [0, 0.1) is 0 Å². The van der Waals surface area contributed by atoms with Gasteiger partial charge in [-0.05, 0) is 30.2 Å². The van der Waals surface area contributed by atoms with Gasteiger partial charge in [-0.25, -0.2) is 0 Å². The van der Waals surface area contributed by atoms with Gasteiger partial charge in [-0.2, -0.15) is 0 Å². The number of fused-ring (bicyclic) bond motifs is 1. The van der Waals surface area contributed by atoms with Crippen molar-refractivity contribution in [3.8, 4) is 5.75 Å². The third-order valence-electron chi connectivity index (χ3n) is 2.63. The van der Waals surface area contributed by atoms with Crippen LogP contribution in [0.1, 0.15) is 18.1 Å². The molecule has 1 aromatic rings. The summed E-state index contributed by atoms with van der Waals surface area (Å²) in [4.78, 5) is 10.7. The van der Waals surface area contributed by atoms with Crippen molar-refractivity contribution in [2.24, 2.45) is 0 Å². The van der Waals surface area contributed by atoms with Crippen LogP contribution in [0.25, 0.3) is 0 Å². The van der Waals surface area contributed by atoms with Crippen LogP contribution in [-0.4, -0.2) is 23.6 Å². The number of hydrogen-bond donors (Lipinski definition) is 1. The molecule has 4 heteroatoms. The Morgan fingerprint density at radius 1 is 1.62 bits per heavy atom. The lowest BCUT2D eigenvalue weighted by atomic mass is 9.96. The molecule has 0 radical (unpaired) electrons. The molecule has 1 unspecified atom stereocenters. The minimum atomic E-state index is -1.33. The molecule has 1 N–H and O–H groups in total. The molecule has 2 rings (SSSR count). The molecule has 1 aliphatic rings. The van der Waals surface area contributed by atoms with Crippen LogP contribution in [0.5, 0.6) is 5.75 Å². The lowest BCUT2D eigenvalue weighted by Crippen LogP contribution is -2.29. The average molecular weight is 285 g/mol. The monoisotopic (exact) mass is 284 g/mol. The lowest BCUT2D eigenvalue weighted by Gasteiger charge is -2.17. The number of rotatable bonds is 3. The Kier molecular flexibility index (Phi) is 3.04. The SMILES string of the molecule is CC(O)(C=O)Cc1cc(Br)cc2c1OCC2. The molecule has 16 heavy (non-hydrogen) atoms. The van der Waals surface area contributed by atoms with Crippen molar-refractivity contribution in [2.45, 2.75) is 25.4 Å². The maximum Gasteiger partial charge on any atom is 0.151 e. The standard InChI is InChI=1S/C12H13BrO3/c1-12(15,7-14)6-9-5-10(13)4-8-2-3-16-11(8)9/h4-5,7,15H,2-3,6H2,1H3. The zero-order valence-electron chi connectivity index (χ0n) is 9.00. The van der Waals surface area contributed by atoms with Crippen LogP contribution in [-0.2, 0) is 17.6 Å². The summed E-state index contributed by atoms with van der Waals surface area (Å²) in [6, 6.07) is 3.91. The third kappa shape index (κ3) is 2.28. The molecule has 0 spiro atoms. The second-order valence-corrected chi connectivity index (χ2v) is 5.22. The van der Waals surface area contributed by atoms with Crippen LogP contribution < -0.4 is 4.74 Å². The summed E-state index contributed by atoms with van der Waals surface area (Å²) in [5.74, 6) is 0.824. The van der Waals surface area contributed by atoms with Crippen molar-refractivity contribution >= 4 is 22.2 Å². The summed E-state index contributed by atoms with van der Waals surface area (Å²) in [6.07, 6.45) is 1.72. The van der Waals surface area contributed by atoms with Crippen LogP contribution in [0.4, 0.5) is 0 Å². The van der Waals surface area contributed by atoms with Crippen LogP contribution in [0.15, 0.2) is 16.6 Å². The van der Waals surface area contributed by atoms with E-state index in [4.69, 9.17) is 4.74 Å². The number of halogens is 1. The molecule has 0 bridgehead atoms. The normalized spacial score (nSPS) is 17.4. The Morgan fingerprint density at radius 3 is 3.06 bits per heavy atom. The molecule has 3 nitrogen and oxygen atoms in total. The van der Waals surface area contributed by atoms with Crippen molar-refractivity contribution in [2.75, 3.05) is 6.61 Å². The number of aliphatic hydroxyl groups is 1. The quantitative estimate of drug-likeness (QED) is 0.862. The van der Waals surface area contributed by atoms with Crippen molar-refractivity contribution in [1.29, 1.82) is 0 Å². The zero-order valence-corrected chi connectivity index (χ0v) is 10.6. The predicted octanol–water partition coefficient (Wildman–Crippen LogP) is 1.88. The van der Waals surface area contributed by atoms with Gasteiger partial charge in [-0.1, -0.05) is 15.9 Å². The van der Waals surface area contributed by atoms with Gasteiger partial charge in [0.15, 0.2) is 6.29 Å². The van der Waals surface area contributed by atoms with E-state index < -0.39 is 5.60 Å². The van der Waals surface area contributed by atoms with Gasteiger partial charge in [0.25, 0.3) is 0 Å². The summed E-state index contributed by atoms with van der Waals surface area (Å²) in [6.45, 7) is 2.17. The third-order valence-corrected chi connectivity index (χ3v) is 3.09. The molecule has 0 fully saturated rings. The summed E-state index contributed by atoms with van der Waals surface area (Å²) in [7, 11) is 0. The Labute approximate surface area is 103 Å². The average Bonchev–Trinajstić information content (AvgIpc) is 2.65. The van der Waals surface area contributed by atoms with E-state index in [2.05, 4.69) is 15.9 Å². The molecular formula is C12H13BrO3. The number of carbonyl (C=O) groups is 1. The molecule has 0 saturated carbocycles. The van der Waals surface area contributed by atoms with E-state index >= 15 is 0 Å². The van der Waals surface area contributed by atoms with E-state index in [0.29, 0.717) is 12.9 Å². The second kappa shape index (κ2) is 4.18. The minimum Gasteiger partial charge on any atom is -0.493 e. The van der Waals surface area contributed by atoms with Crippen molar-refractivity contribution in [3.63, 3.8) is 0 Å². The van der Waals surface area contributed by atoms with Crippen molar-refractivity contribution in [3.05, 3.63) is 27.7 Å². The van der Waals surface area contributed by atoms with Crippen LogP contribution in [0.2, 0.25) is 0 Å². The van der Waals surface area contributed by atoms with Gasteiger partial charge >= 0.3 is 0 Å². The van der Waals surface area contributed by atoms with Crippen molar-refractivity contribution in [1.82, 2.24) is 0 Å². The van der Waals surface area contributed by atoms with Gasteiger partial charge in [0.2, 0.25) is 0 Å². The van der Waals surface area contributed by atoms with Gasteiger partial charge in [-0.3, -0.25) is 0 Å². The molecule has 1 atom stereocenters. The number of hydrogen-bond acceptors (Lipinski definition) is 3. The molecule has 0 amide bonds. The molecule has 1 aromatic carbocycles. The van der Waals surface area contributed by atoms with Gasteiger partial charge in [0.05, 0.1) is 6.61 Å². The highest BCUT2D eigenvalue weighted by Gasteiger charge is 2.25. The maximum atomic E-state index is 10.7. The fourth-order valence-corrected chi connectivity index (χ4v) is 2.46. The fourth-order valence-electron chi connectivity index (χ4n) is 1.90. The van der Waals surface area contributed by atoms with Gasteiger partial charge in [0, 0.05) is 17.3 Å². The highest BCUT2D eigenvalue weighted by molar-refractivity contribution is 9.10. The van der Waals surface area contributed by atoms with E-state index in [0.717, 1.165) is 27.8 Å². The molecule has 0 aromatic heterocycles. The zero-order chi connectivity index (χ0) is 11.8. The summed E-state index contributed by atoms with van der Waals surface area (Å²) < 4.78 is 6.48. The lowest BCUT2D eigenvalue weighted by molar-refractivity contribution is -0.122. The highest BCUT2D eigenvalue weighted by Crippen LogP contribution is 2.34. The Hall–Kier alpha value is -0.870. The molecule has 1 heterocycles. The molecular weight excluding hydrogens is 272 g/mol. The smallest absolute Gasteiger partial charge is 0.151 e. The first-order valence-corrected chi connectivity index (χ1v) is 5.94.